The van der Waals surface area contributed by atoms with Crippen LogP contribution in [0.15, 0.2) is 41.8 Å². The molecule has 0 spiro atoms. The second-order valence-electron chi connectivity index (χ2n) is 5.86. The van der Waals surface area contributed by atoms with Crippen LogP contribution in [0.4, 0.5) is 0 Å². The number of nitrogens with zero attached hydrogens (tertiary/aromatic N) is 1. The first-order valence-electron chi connectivity index (χ1n) is 7.89. The third kappa shape index (κ3) is 4.67. The maximum absolute atomic E-state index is 3.59. The molecule has 0 atom stereocenters. The van der Waals surface area contributed by atoms with Crippen LogP contribution in [0.1, 0.15) is 35.8 Å². The lowest BCUT2D eigenvalue weighted by molar-refractivity contribution is 0.274. The van der Waals surface area contributed by atoms with E-state index in [4.69, 9.17) is 0 Å². The van der Waals surface area contributed by atoms with Crippen LogP contribution in [0.3, 0.4) is 0 Å². The molecule has 3 heteroatoms. The molecule has 0 aliphatic heterocycles. The van der Waals surface area contributed by atoms with Gasteiger partial charge in [-0.25, -0.2) is 0 Å². The van der Waals surface area contributed by atoms with E-state index in [0.29, 0.717) is 0 Å². The summed E-state index contributed by atoms with van der Waals surface area (Å²) in [4.78, 5) is 3.95. The van der Waals surface area contributed by atoms with Crippen molar-refractivity contribution in [2.75, 3.05) is 6.54 Å². The average Bonchev–Trinajstić information content (AvgIpc) is 3.20. The van der Waals surface area contributed by atoms with Crippen molar-refractivity contribution in [3.8, 4) is 0 Å². The first-order valence-corrected chi connectivity index (χ1v) is 8.77. The molecular formula is C18H24N2S. The third-order valence-corrected chi connectivity index (χ3v) is 4.84. The molecule has 2 aromatic rings. The van der Waals surface area contributed by atoms with Crippen molar-refractivity contribution in [2.24, 2.45) is 0 Å². The van der Waals surface area contributed by atoms with E-state index in [-0.39, 0.29) is 0 Å². The van der Waals surface area contributed by atoms with Crippen molar-refractivity contribution in [3.63, 3.8) is 0 Å². The van der Waals surface area contributed by atoms with Gasteiger partial charge in [0.2, 0.25) is 0 Å². The Hall–Kier alpha value is -1.16. The number of thiophene rings is 1. The van der Waals surface area contributed by atoms with Gasteiger partial charge in [0.25, 0.3) is 0 Å². The highest BCUT2D eigenvalue weighted by atomic mass is 32.1. The third-order valence-electron chi connectivity index (χ3n) is 3.98. The van der Waals surface area contributed by atoms with Gasteiger partial charge in [0.15, 0.2) is 0 Å². The maximum Gasteiger partial charge on any atom is 0.0331 e. The summed E-state index contributed by atoms with van der Waals surface area (Å²) >= 11 is 1.85. The lowest BCUT2D eigenvalue weighted by atomic mass is 10.1. The second-order valence-corrected chi connectivity index (χ2v) is 6.89. The molecule has 1 N–H and O–H groups in total. The van der Waals surface area contributed by atoms with Gasteiger partial charge in [-0.3, -0.25) is 4.90 Å². The highest BCUT2D eigenvalue weighted by molar-refractivity contribution is 7.09. The van der Waals surface area contributed by atoms with Crippen LogP contribution in [0.5, 0.6) is 0 Å². The van der Waals surface area contributed by atoms with E-state index in [1.807, 2.05) is 11.3 Å². The van der Waals surface area contributed by atoms with Crippen LogP contribution in [0, 0.1) is 0 Å². The molecule has 112 valence electrons. The Labute approximate surface area is 131 Å². The summed E-state index contributed by atoms with van der Waals surface area (Å²) in [6.07, 6.45) is 2.70. The van der Waals surface area contributed by atoms with Crippen molar-refractivity contribution in [2.45, 2.75) is 45.4 Å². The van der Waals surface area contributed by atoms with Crippen LogP contribution < -0.4 is 5.32 Å². The number of nitrogens with one attached hydrogen (secondary N) is 1. The lowest BCUT2D eigenvalue weighted by Gasteiger charge is -2.20. The molecule has 1 aliphatic carbocycles. The molecule has 0 amide bonds. The lowest BCUT2D eigenvalue weighted by Crippen LogP contribution is -2.22. The van der Waals surface area contributed by atoms with Gasteiger partial charge in [0, 0.05) is 30.6 Å². The number of rotatable bonds is 8. The van der Waals surface area contributed by atoms with E-state index in [0.717, 1.165) is 32.2 Å². The Balaban J connectivity index is 1.57. The molecule has 1 aromatic carbocycles. The van der Waals surface area contributed by atoms with Crippen LogP contribution in [0.25, 0.3) is 0 Å². The fourth-order valence-corrected chi connectivity index (χ4v) is 3.29. The van der Waals surface area contributed by atoms with Crippen molar-refractivity contribution in [3.05, 3.63) is 57.8 Å². The molecule has 0 saturated heterocycles. The predicted octanol–water partition coefficient (Wildman–Crippen LogP) is 4.02. The molecule has 1 aromatic heterocycles. The summed E-state index contributed by atoms with van der Waals surface area (Å²) in [6.45, 7) is 6.43. The highest BCUT2D eigenvalue weighted by Gasteiger charge is 2.19. The quantitative estimate of drug-likeness (QED) is 0.792. The van der Waals surface area contributed by atoms with Gasteiger partial charge in [-0.15, -0.1) is 11.3 Å². The zero-order valence-electron chi connectivity index (χ0n) is 12.7. The predicted molar refractivity (Wildman–Crippen MR) is 90.4 cm³/mol. The fraction of sp³-hybridized carbons (Fsp3) is 0.444. The molecule has 1 fully saturated rings. The Kier molecular flexibility index (Phi) is 5.07. The summed E-state index contributed by atoms with van der Waals surface area (Å²) in [6, 6.07) is 14.2. The minimum Gasteiger partial charge on any atom is -0.310 e. The Morgan fingerprint density at radius 3 is 2.71 bits per heavy atom. The van der Waals surface area contributed by atoms with E-state index in [2.05, 4.69) is 58.9 Å². The van der Waals surface area contributed by atoms with E-state index in [1.165, 1.54) is 28.8 Å². The van der Waals surface area contributed by atoms with Gasteiger partial charge in [0.1, 0.15) is 0 Å². The molecule has 1 aliphatic rings. The molecular weight excluding hydrogens is 276 g/mol. The first kappa shape index (κ1) is 14.8. The molecule has 0 bridgehead atoms. The van der Waals surface area contributed by atoms with Crippen molar-refractivity contribution >= 4 is 11.3 Å². The number of hydrogen-bond acceptors (Lipinski definition) is 3. The standard InChI is InChI=1S/C18H24N2S/c1-2-20(14-18-7-4-10-21-18)13-16-6-3-5-15(11-16)12-19-17-8-9-17/h3-7,10-11,17,19H,2,8-9,12-14H2,1H3. The zero-order valence-corrected chi connectivity index (χ0v) is 13.5. The highest BCUT2D eigenvalue weighted by Crippen LogP contribution is 2.20. The van der Waals surface area contributed by atoms with Gasteiger partial charge in [0.05, 0.1) is 0 Å². The van der Waals surface area contributed by atoms with E-state index < -0.39 is 0 Å². The summed E-state index contributed by atoms with van der Waals surface area (Å²) in [7, 11) is 0. The van der Waals surface area contributed by atoms with Gasteiger partial charge in [-0.2, -0.15) is 0 Å². The molecule has 3 rings (SSSR count). The number of benzene rings is 1. The van der Waals surface area contributed by atoms with Crippen LogP contribution >= 0.6 is 11.3 Å². The Morgan fingerprint density at radius 1 is 1.14 bits per heavy atom. The molecule has 2 nitrogen and oxygen atoms in total. The Morgan fingerprint density at radius 2 is 2.00 bits per heavy atom. The Bertz CT molecular complexity index is 546. The average molecular weight is 300 g/mol. The molecule has 0 unspecified atom stereocenters. The van der Waals surface area contributed by atoms with E-state index >= 15 is 0 Å². The van der Waals surface area contributed by atoms with Crippen molar-refractivity contribution in [1.82, 2.24) is 10.2 Å². The van der Waals surface area contributed by atoms with Crippen LogP contribution in [0.2, 0.25) is 0 Å². The van der Waals surface area contributed by atoms with Crippen molar-refractivity contribution in [1.29, 1.82) is 0 Å². The van der Waals surface area contributed by atoms with Crippen LogP contribution in [-0.2, 0) is 19.6 Å². The zero-order chi connectivity index (χ0) is 14.5. The number of hydrogen-bond donors (Lipinski definition) is 1. The molecule has 0 radical (unpaired) electrons. The van der Waals surface area contributed by atoms with E-state index in [1.54, 1.807) is 0 Å². The van der Waals surface area contributed by atoms with Gasteiger partial charge >= 0.3 is 0 Å². The summed E-state index contributed by atoms with van der Waals surface area (Å²) < 4.78 is 0. The molecule has 1 heterocycles. The van der Waals surface area contributed by atoms with Crippen molar-refractivity contribution < 1.29 is 0 Å². The maximum atomic E-state index is 3.59. The van der Waals surface area contributed by atoms with E-state index in [9.17, 15) is 0 Å². The monoisotopic (exact) mass is 300 g/mol. The van der Waals surface area contributed by atoms with Gasteiger partial charge < -0.3 is 5.32 Å². The summed E-state index contributed by atoms with van der Waals surface area (Å²) in [5.41, 5.74) is 2.83. The van der Waals surface area contributed by atoms with Crippen LogP contribution in [-0.4, -0.2) is 17.5 Å². The largest absolute Gasteiger partial charge is 0.310 e. The van der Waals surface area contributed by atoms with Gasteiger partial charge in [-0.05, 0) is 42.0 Å². The fourth-order valence-electron chi connectivity index (χ4n) is 2.55. The summed E-state index contributed by atoms with van der Waals surface area (Å²) in [5.74, 6) is 0. The van der Waals surface area contributed by atoms with Gasteiger partial charge in [-0.1, -0.05) is 37.3 Å². The normalized spacial score (nSPS) is 14.8. The molecule has 1 saturated carbocycles. The topological polar surface area (TPSA) is 15.3 Å². The smallest absolute Gasteiger partial charge is 0.0331 e. The summed E-state index contributed by atoms with van der Waals surface area (Å²) in [5, 5.41) is 5.75. The minimum absolute atomic E-state index is 0.777. The minimum atomic E-state index is 0.777. The second kappa shape index (κ2) is 7.21. The SMILES string of the molecule is CCN(Cc1cccc(CNC2CC2)c1)Cc1cccs1. The molecule has 21 heavy (non-hydrogen) atoms. The first-order chi connectivity index (χ1) is 10.3.